The number of ether oxygens (including phenoxy) is 3. The molecule has 2 aromatic heterocycles. The third kappa shape index (κ3) is 7.80. The summed E-state index contributed by atoms with van der Waals surface area (Å²) in [6.07, 6.45) is 1.55. The molecule has 1 saturated heterocycles. The van der Waals surface area contributed by atoms with Gasteiger partial charge in [0, 0.05) is 16.2 Å². The van der Waals surface area contributed by atoms with Crippen LogP contribution in [0.1, 0.15) is 40.3 Å². The number of carbonyl (C=O) groups excluding carboxylic acids is 2. The van der Waals surface area contributed by atoms with Crippen LogP contribution in [-0.4, -0.2) is 75.4 Å². The molecule has 0 aromatic carbocycles. The fourth-order valence-electron chi connectivity index (χ4n) is 3.70. The SMILES string of the molecule is CCOc1nc(N)nc2c1ncn2[C@@H]1O[C@H](CO[P+](=O)OCCSC(=O)C(C)(C)COC(=O)CN)C[C@@H]1C. The van der Waals surface area contributed by atoms with Crippen molar-refractivity contribution < 1.29 is 37.4 Å². The van der Waals surface area contributed by atoms with Crippen LogP contribution in [0.15, 0.2) is 6.33 Å². The van der Waals surface area contributed by atoms with Crippen LogP contribution in [0.5, 0.6) is 5.88 Å². The standard InChI is InChI=1S/C22H34N6O8PS/c1-5-32-18-16-17(26-21(24)27-18)28(12-25-16)19-13(2)8-14(36-19)10-35-37(31)34-6-7-38-20(30)22(3,4)11-33-15(29)9-23/h12-14,19H,5-11,23H2,1-4H3,(H2,24,26,27)/q+1/t13-,14-,19+/m0/s1. The van der Waals surface area contributed by atoms with Gasteiger partial charge >= 0.3 is 14.2 Å². The molecule has 0 saturated carbocycles. The summed E-state index contributed by atoms with van der Waals surface area (Å²) >= 11 is 1.00. The van der Waals surface area contributed by atoms with Crippen LogP contribution in [0, 0.1) is 11.3 Å². The van der Waals surface area contributed by atoms with Crippen LogP contribution in [0.3, 0.4) is 0 Å². The average molecular weight is 574 g/mol. The van der Waals surface area contributed by atoms with Crippen LogP contribution < -0.4 is 16.2 Å². The Labute approximate surface area is 225 Å². The lowest BCUT2D eigenvalue weighted by molar-refractivity contribution is -0.146. The Balaban J connectivity index is 1.43. The molecule has 38 heavy (non-hydrogen) atoms. The van der Waals surface area contributed by atoms with E-state index in [-0.39, 0.29) is 61.4 Å². The normalized spacial score (nSPS) is 20.0. The van der Waals surface area contributed by atoms with Crippen molar-refractivity contribution in [2.24, 2.45) is 17.1 Å². The number of hydrogen-bond donors (Lipinski definition) is 2. The molecular weight excluding hydrogens is 539 g/mol. The lowest BCUT2D eigenvalue weighted by atomic mass is 9.97. The average Bonchev–Trinajstić information content (AvgIpc) is 3.46. The Morgan fingerprint density at radius 1 is 1.32 bits per heavy atom. The predicted octanol–water partition coefficient (Wildman–Crippen LogP) is 2.21. The quantitative estimate of drug-likeness (QED) is 0.190. The van der Waals surface area contributed by atoms with E-state index in [1.165, 1.54) is 0 Å². The molecule has 2 aromatic rings. The highest BCUT2D eigenvalue weighted by molar-refractivity contribution is 8.13. The zero-order chi connectivity index (χ0) is 27.9. The molecule has 1 unspecified atom stereocenters. The highest BCUT2D eigenvalue weighted by Gasteiger charge is 2.37. The Bertz CT molecular complexity index is 1150. The lowest BCUT2D eigenvalue weighted by Gasteiger charge is -2.21. The monoisotopic (exact) mass is 573 g/mol. The van der Waals surface area contributed by atoms with Crippen molar-refractivity contribution in [3.05, 3.63) is 6.33 Å². The minimum absolute atomic E-state index is 0.0408. The summed E-state index contributed by atoms with van der Waals surface area (Å²) in [4.78, 5) is 36.3. The second-order valence-electron chi connectivity index (χ2n) is 9.24. The molecule has 14 nitrogen and oxygen atoms in total. The molecule has 3 heterocycles. The molecular formula is C22H34N6O8PS+. The number of nitrogens with two attached hydrogens (primary N) is 2. The van der Waals surface area contributed by atoms with E-state index >= 15 is 0 Å². The molecule has 210 valence electrons. The maximum atomic E-state index is 12.4. The highest BCUT2D eigenvalue weighted by Crippen LogP contribution is 2.38. The van der Waals surface area contributed by atoms with Gasteiger partial charge in [0.1, 0.15) is 26.0 Å². The second kappa shape index (κ2) is 13.6. The highest BCUT2D eigenvalue weighted by atomic mass is 32.2. The van der Waals surface area contributed by atoms with Crippen molar-refractivity contribution >= 4 is 48.2 Å². The summed E-state index contributed by atoms with van der Waals surface area (Å²) < 4.78 is 41.1. The summed E-state index contributed by atoms with van der Waals surface area (Å²) in [6, 6.07) is 0. The number of rotatable bonds is 14. The molecule has 16 heteroatoms. The molecule has 0 spiro atoms. The topological polar surface area (TPSA) is 193 Å². The van der Waals surface area contributed by atoms with Crippen LogP contribution in [0.4, 0.5) is 5.95 Å². The van der Waals surface area contributed by atoms with Gasteiger partial charge in [-0.3, -0.25) is 14.2 Å². The van der Waals surface area contributed by atoms with Crippen molar-refractivity contribution in [3.63, 3.8) is 0 Å². The van der Waals surface area contributed by atoms with Crippen molar-refractivity contribution in [1.82, 2.24) is 19.5 Å². The minimum atomic E-state index is -2.40. The van der Waals surface area contributed by atoms with Crippen LogP contribution in [-0.2, 0) is 32.7 Å². The van der Waals surface area contributed by atoms with E-state index in [1.807, 2.05) is 13.8 Å². The smallest absolute Gasteiger partial charge is 0.476 e. The molecule has 3 rings (SSSR count). The second-order valence-corrected chi connectivity index (χ2v) is 11.3. The van der Waals surface area contributed by atoms with Gasteiger partial charge in [-0.15, -0.1) is 9.05 Å². The molecule has 0 bridgehead atoms. The largest absolute Gasteiger partial charge is 0.697 e. The first-order chi connectivity index (χ1) is 18.1. The number of anilines is 1. The Morgan fingerprint density at radius 2 is 2.08 bits per heavy atom. The zero-order valence-electron chi connectivity index (χ0n) is 21.8. The van der Waals surface area contributed by atoms with E-state index in [1.54, 1.807) is 24.7 Å². The van der Waals surface area contributed by atoms with E-state index < -0.39 is 19.6 Å². The van der Waals surface area contributed by atoms with Gasteiger partial charge in [-0.1, -0.05) is 18.7 Å². The maximum Gasteiger partial charge on any atom is 0.697 e. The Morgan fingerprint density at radius 3 is 2.79 bits per heavy atom. The molecule has 0 radical (unpaired) electrons. The number of carbonyl (C=O) groups is 2. The summed E-state index contributed by atoms with van der Waals surface area (Å²) in [6.45, 7) is 7.39. The summed E-state index contributed by atoms with van der Waals surface area (Å²) in [7, 11) is -2.40. The van der Waals surface area contributed by atoms with E-state index in [0.29, 0.717) is 30.1 Å². The van der Waals surface area contributed by atoms with Crippen LogP contribution in [0.2, 0.25) is 0 Å². The predicted molar refractivity (Wildman–Crippen MR) is 139 cm³/mol. The van der Waals surface area contributed by atoms with Crippen LogP contribution >= 0.6 is 20.0 Å². The van der Waals surface area contributed by atoms with Gasteiger partial charge in [-0.25, -0.2) is 4.98 Å². The van der Waals surface area contributed by atoms with Gasteiger partial charge in [-0.2, -0.15) is 9.97 Å². The first-order valence-corrected chi connectivity index (χ1v) is 14.2. The van der Waals surface area contributed by atoms with E-state index in [4.69, 9.17) is 34.7 Å². The fourth-order valence-corrected chi connectivity index (χ4v) is 5.22. The van der Waals surface area contributed by atoms with Gasteiger partial charge in [0.25, 0.3) is 0 Å². The number of thioether (sulfide) groups is 1. The van der Waals surface area contributed by atoms with Crippen molar-refractivity contribution in [2.75, 3.05) is 44.5 Å². The molecule has 4 atom stereocenters. The summed E-state index contributed by atoms with van der Waals surface area (Å²) in [5.41, 5.74) is 11.2. The van der Waals surface area contributed by atoms with E-state index in [2.05, 4.69) is 15.0 Å². The minimum Gasteiger partial charge on any atom is -0.476 e. The summed E-state index contributed by atoms with van der Waals surface area (Å²) in [5, 5.41) is -0.186. The number of fused-ring (bicyclic) bond motifs is 1. The molecule has 0 amide bonds. The zero-order valence-corrected chi connectivity index (χ0v) is 23.5. The van der Waals surface area contributed by atoms with Crippen molar-refractivity contribution in [1.29, 1.82) is 0 Å². The van der Waals surface area contributed by atoms with Gasteiger partial charge in [-0.05, 0) is 27.2 Å². The number of nitrogens with zero attached hydrogens (tertiary/aromatic N) is 4. The molecule has 0 aliphatic carbocycles. The number of hydrogen-bond acceptors (Lipinski definition) is 14. The fraction of sp³-hybridized carbons (Fsp3) is 0.682. The van der Waals surface area contributed by atoms with Crippen LogP contribution in [0.25, 0.3) is 11.2 Å². The van der Waals surface area contributed by atoms with Gasteiger partial charge < -0.3 is 25.7 Å². The lowest BCUT2D eigenvalue weighted by Crippen LogP contribution is -2.31. The maximum absolute atomic E-state index is 12.4. The van der Waals surface area contributed by atoms with Gasteiger partial charge in [0.05, 0.1) is 31.0 Å². The Kier molecular flexibility index (Phi) is 10.8. The summed E-state index contributed by atoms with van der Waals surface area (Å²) in [5.74, 6) is 0.154. The first kappa shape index (κ1) is 30.1. The van der Waals surface area contributed by atoms with Crippen molar-refractivity contribution in [2.45, 2.75) is 46.4 Å². The molecule has 4 N–H and O–H groups in total. The first-order valence-electron chi connectivity index (χ1n) is 12.1. The number of nitrogen functional groups attached to an aromatic ring is 1. The number of imidazole rings is 1. The molecule has 1 aliphatic rings. The Hall–Kier alpha value is -2.42. The molecule has 1 aliphatic heterocycles. The van der Waals surface area contributed by atoms with Gasteiger partial charge in [0.15, 0.2) is 16.3 Å². The van der Waals surface area contributed by atoms with Gasteiger partial charge in [0.2, 0.25) is 11.8 Å². The van der Waals surface area contributed by atoms with Crippen molar-refractivity contribution in [3.8, 4) is 5.88 Å². The third-order valence-corrected chi connectivity index (χ3v) is 7.55. The molecule has 1 fully saturated rings. The third-order valence-electron chi connectivity index (χ3n) is 5.61. The van der Waals surface area contributed by atoms with E-state index in [9.17, 15) is 14.2 Å². The number of aromatic nitrogens is 4. The number of esters is 1. The van der Waals surface area contributed by atoms with E-state index in [0.717, 1.165) is 11.8 Å².